The fourth-order valence-corrected chi connectivity index (χ4v) is 0.248. The molecule has 0 aromatic carbocycles. The molecule has 1 radical (unpaired) electrons. The van der Waals surface area contributed by atoms with Crippen LogP contribution in [-0.2, 0) is 0 Å². The summed E-state index contributed by atoms with van der Waals surface area (Å²) < 4.78 is 57.5. The SMILES string of the molecule is [CH2]CC(F)(F)C(F)=C(F)F. The minimum atomic E-state index is -4.13. The van der Waals surface area contributed by atoms with E-state index >= 15 is 0 Å². The van der Waals surface area contributed by atoms with Gasteiger partial charge in [-0.3, -0.25) is 0 Å². The van der Waals surface area contributed by atoms with Gasteiger partial charge in [0.05, 0.1) is 0 Å². The van der Waals surface area contributed by atoms with Crippen molar-refractivity contribution in [2.75, 3.05) is 0 Å². The summed E-state index contributed by atoms with van der Waals surface area (Å²) in [6.07, 6.45) is -4.20. The molecule has 0 nitrogen and oxygen atoms in total. The lowest BCUT2D eigenvalue weighted by atomic mass is 10.2. The van der Waals surface area contributed by atoms with Gasteiger partial charge in [0.15, 0.2) is 0 Å². The van der Waals surface area contributed by atoms with Crippen molar-refractivity contribution in [1.82, 2.24) is 0 Å². The Balaban J connectivity index is 4.49. The van der Waals surface area contributed by atoms with Gasteiger partial charge in [0, 0.05) is 6.42 Å². The van der Waals surface area contributed by atoms with Crippen LogP contribution in [0.2, 0.25) is 0 Å². The van der Waals surface area contributed by atoms with Gasteiger partial charge in [0.25, 0.3) is 0 Å². The van der Waals surface area contributed by atoms with Gasteiger partial charge in [-0.15, -0.1) is 0 Å². The molecule has 0 aliphatic rings. The van der Waals surface area contributed by atoms with Gasteiger partial charge < -0.3 is 0 Å². The minimum absolute atomic E-state index is 1.21. The molecule has 0 rings (SSSR count). The Morgan fingerprint density at radius 2 is 1.60 bits per heavy atom. The standard InChI is InChI=1S/C5H4F5/c1-2-5(9,10)3(6)4(7)8/h1-2H2. The largest absolute Gasteiger partial charge is 0.307 e. The van der Waals surface area contributed by atoms with Gasteiger partial charge in [-0.05, 0) is 6.92 Å². The summed E-state index contributed by atoms with van der Waals surface area (Å²) in [5.74, 6) is -6.82. The van der Waals surface area contributed by atoms with Crippen LogP contribution >= 0.6 is 0 Å². The van der Waals surface area contributed by atoms with E-state index in [1.807, 2.05) is 0 Å². The van der Waals surface area contributed by atoms with Gasteiger partial charge in [0.2, 0.25) is 5.83 Å². The van der Waals surface area contributed by atoms with Crippen LogP contribution in [0.3, 0.4) is 0 Å². The van der Waals surface area contributed by atoms with Crippen LogP contribution in [0.25, 0.3) is 0 Å². The van der Waals surface area contributed by atoms with Gasteiger partial charge in [-0.2, -0.15) is 22.0 Å². The highest BCUT2D eigenvalue weighted by atomic mass is 19.3. The molecule has 0 aliphatic carbocycles. The minimum Gasteiger partial charge on any atom is -0.199 e. The van der Waals surface area contributed by atoms with Crippen molar-refractivity contribution in [2.24, 2.45) is 0 Å². The first-order chi connectivity index (χ1) is 4.41. The summed E-state index contributed by atoms with van der Waals surface area (Å²) in [4.78, 5) is 0. The lowest BCUT2D eigenvalue weighted by Crippen LogP contribution is -2.15. The number of hydrogen-bond donors (Lipinski definition) is 0. The van der Waals surface area contributed by atoms with Crippen molar-refractivity contribution in [3.63, 3.8) is 0 Å². The van der Waals surface area contributed by atoms with E-state index in [0.29, 0.717) is 0 Å². The maximum Gasteiger partial charge on any atom is 0.307 e. The van der Waals surface area contributed by atoms with E-state index in [1.54, 1.807) is 0 Å². The molecule has 0 saturated carbocycles. The van der Waals surface area contributed by atoms with Gasteiger partial charge in [-0.1, -0.05) is 0 Å². The molecule has 0 N–H and O–H groups in total. The van der Waals surface area contributed by atoms with E-state index in [9.17, 15) is 22.0 Å². The third kappa shape index (κ3) is 1.97. The number of halogens is 5. The molecule has 0 spiro atoms. The molecule has 0 saturated heterocycles. The molecule has 0 amide bonds. The summed E-state index contributed by atoms with van der Waals surface area (Å²) in [7, 11) is 0. The van der Waals surface area contributed by atoms with Crippen LogP contribution < -0.4 is 0 Å². The zero-order valence-corrected chi connectivity index (χ0v) is 4.80. The predicted octanol–water partition coefficient (Wildman–Crippen LogP) is 2.92. The maximum absolute atomic E-state index is 11.8. The number of alkyl halides is 2. The van der Waals surface area contributed by atoms with Crippen molar-refractivity contribution in [3.05, 3.63) is 18.8 Å². The Morgan fingerprint density at radius 3 is 1.70 bits per heavy atom. The third-order valence-electron chi connectivity index (χ3n) is 0.801. The summed E-state index contributed by atoms with van der Waals surface area (Å²) in [5.41, 5.74) is 0. The molecule has 0 unspecified atom stereocenters. The first kappa shape index (κ1) is 9.39. The quantitative estimate of drug-likeness (QED) is 0.543. The summed E-state index contributed by atoms with van der Waals surface area (Å²) in [6, 6.07) is 0. The van der Waals surface area contributed by atoms with Crippen molar-refractivity contribution in [3.8, 4) is 0 Å². The van der Waals surface area contributed by atoms with Crippen molar-refractivity contribution in [1.29, 1.82) is 0 Å². The highest BCUT2D eigenvalue weighted by Gasteiger charge is 2.36. The Labute approximate surface area is 54.3 Å². The van der Waals surface area contributed by atoms with E-state index in [0.717, 1.165) is 0 Å². The second kappa shape index (κ2) is 2.98. The molecule has 0 atom stereocenters. The van der Waals surface area contributed by atoms with E-state index in [-0.39, 0.29) is 0 Å². The number of allylic oxidation sites excluding steroid dienone is 1. The average molecular weight is 159 g/mol. The van der Waals surface area contributed by atoms with Crippen LogP contribution in [0.4, 0.5) is 22.0 Å². The molecule has 0 aromatic heterocycles. The molecule has 0 aliphatic heterocycles. The summed E-state index contributed by atoms with van der Waals surface area (Å²) in [5, 5.41) is 0. The summed E-state index contributed by atoms with van der Waals surface area (Å²) >= 11 is 0. The van der Waals surface area contributed by atoms with E-state index in [2.05, 4.69) is 6.92 Å². The molecule has 0 fully saturated rings. The molecule has 0 bridgehead atoms. The molecular formula is C5H4F5. The lowest BCUT2D eigenvalue weighted by molar-refractivity contribution is 0.0131. The maximum atomic E-state index is 11.8. The molecular weight excluding hydrogens is 155 g/mol. The van der Waals surface area contributed by atoms with Gasteiger partial charge in [-0.25, -0.2) is 0 Å². The van der Waals surface area contributed by atoms with Crippen molar-refractivity contribution < 1.29 is 22.0 Å². The zero-order chi connectivity index (χ0) is 8.36. The Hall–Kier alpha value is -0.610. The molecule has 0 aromatic rings. The zero-order valence-electron chi connectivity index (χ0n) is 4.80. The second-order valence-corrected chi connectivity index (χ2v) is 1.53. The summed E-state index contributed by atoms with van der Waals surface area (Å²) in [6.45, 7) is 2.60. The van der Waals surface area contributed by atoms with Gasteiger partial charge in [0.1, 0.15) is 0 Å². The second-order valence-electron chi connectivity index (χ2n) is 1.53. The van der Waals surface area contributed by atoms with Crippen LogP contribution in [0.1, 0.15) is 6.42 Å². The van der Waals surface area contributed by atoms with Crippen LogP contribution in [0, 0.1) is 6.92 Å². The number of rotatable bonds is 2. The molecule has 10 heavy (non-hydrogen) atoms. The highest BCUT2D eigenvalue weighted by Crippen LogP contribution is 2.31. The predicted molar refractivity (Wildman–Crippen MR) is 25.3 cm³/mol. The monoisotopic (exact) mass is 159 g/mol. The van der Waals surface area contributed by atoms with E-state index in [1.165, 1.54) is 0 Å². The van der Waals surface area contributed by atoms with Crippen LogP contribution in [0.15, 0.2) is 11.9 Å². The Bertz CT molecular complexity index is 144. The van der Waals surface area contributed by atoms with Crippen LogP contribution in [-0.4, -0.2) is 5.92 Å². The molecule has 5 heteroatoms. The lowest BCUT2D eigenvalue weighted by Gasteiger charge is -2.08. The highest BCUT2D eigenvalue weighted by molar-refractivity contribution is 5.04. The molecule has 59 valence electrons. The van der Waals surface area contributed by atoms with Crippen LogP contribution in [0.5, 0.6) is 0 Å². The van der Waals surface area contributed by atoms with Gasteiger partial charge >= 0.3 is 12.0 Å². The van der Waals surface area contributed by atoms with Crippen molar-refractivity contribution >= 4 is 0 Å². The fourth-order valence-electron chi connectivity index (χ4n) is 0.248. The van der Waals surface area contributed by atoms with E-state index in [4.69, 9.17) is 0 Å². The van der Waals surface area contributed by atoms with E-state index < -0.39 is 24.3 Å². The topological polar surface area (TPSA) is 0 Å². The normalized spacial score (nSPS) is 11.4. The first-order valence-electron chi connectivity index (χ1n) is 2.30. The number of hydrogen-bond acceptors (Lipinski definition) is 0. The first-order valence-corrected chi connectivity index (χ1v) is 2.30. The Kier molecular flexibility index (Phi) is 2.80. The smallest absolute Gasteiger partial charge is 0.199 e. The van der Waals surface area contributed by atoms with Crippen molar-refractivity contribution in [2.45, 2.75) is 12.3 Å². The fraction of sp³-hybridized carbons (Fsp3) is 0.400. The third-order valence-corrected chi connectivity index (χ3v) is 0.801. The average Bonchev–Trinajstić information content (AvgIpc) is 1.86. The molecule has 0 heterocycles. The Morgan fingerprint density at radius 1 is 1.20 bits per heavy atom.